The van der Waals surface area contributed by atoms with Gasteiger partial charge in [-0.2, -0.15) is 13.8 Å². The summed E-state index contributed by atoms with van der Waals surface area (Å²) in [5, 5.41) is 13.0. The molecule has 0 amide bonds. The maximum absolute atomic E-state index is 12.6. The predicted molar refractivity (Wildman–Crippen MR) is 59.6 cm³/mol. The second-order valence-corrected chi connectivity index (χ2v) is 4.36. The minimum absolute atomic E-state index is 0.0378. The fraction of sp³-hybridized carbons (Fsp3) is 0.818. The zero-order chi connectivity index (χ0) is 15.3. The monoisotopic (exact) mass is 300 g/mol. The van der Waals surface area contributed by atoms with Gasteiger partial charge in [0.25, 0.3) is 0 Å². The van der Waals surface area contributed by atoms with Gasteiger partial charge in [-0.25, -0.2) is 8.78 Å². The highest BCUT2D eigenvalue weighted by molar-refractivity contribution is 4.95. The highest BCUT2D eigenvalue weighted by atomic mass is 19.3. The van der Waals surface area contributed by atoms with Crippen molar-refractivity contribution < 1.29 is 31.9 Å². The third-order valence-corrected chi connectivity index (χ3v) is 2.67. The standard InChI is InChI=1S/C11H16F4N2O3/c1-3-7(6(2)18)9-16-8(17-20-9)4-19-5-11(14,15)10(12)13/h6-7,10,18H,3-5H2,1-2H3. The summed E-state index contributed by atoms with van der Waals surface area (Å²) in [4.78, 5) is 3.87. The zero-order valence-corrected chi connectivity index (χ0v) is 11.0. The number of aliphatic hydroxyl groups is 1. The molecule has 9 heteroatoms. The van der Waals surface area contributed by atoms with E-state index in [9.17, 15) is 22.7 Å². The number of ether oxygens (including phenoxy) is 1. The summed E-state index contributed by atoms with van der Waals surface area (Å²) in [6, 6.07) is 0. The number of halogens is 4. The fourth-order valence-corrected chi connectivity index (χ4v) is 1.54. The van der Waals surface area contributed by atoms with Crippen LogP contribution in [0.4, 0.5) is 17.6 Å². The van der Waals surface area contributed by atoms with Gasteiger partial charge in [-0.05, 0) is 13.3 Å². The molecule has 0 bridgehead atoms. The Morgan fingerprint density at radius 3 is 2.55 bits per heavy atom. The molecule has 0 saturated heterocycles. The third-order valence-electron chi connectivity index (χ3n) is 2.67. The Bertz CT molecular complexity index is 412. The van der Waals surface area contributed by atoms with Gasteiger partial charge in [0.1, 0.15) is 13.2 Å². The first-order chi connectivity index (χ1) is 9.27. The van der Waals surface area contributed by atoms with Crippen molar-refractivity contribution in [3.05, 3.63) is 11.7 Å². The SMILES string of the molecule is CCC(c1nc(COCC(F)(F)C(F)F)no1)C(C)O. The molecule has 1 aromatic heterocycles. The minimum Gasteiger partial charge on any atom is -0.393 e. The van der Waals surface area contributed by atoms with Crippen molar-refractivity contribution in [3.63, 3.8) is 0 Å². The van der Waals surface area contributed by atoms with Gasteiger partial charge in [0, 0.05) is 0 Å². The zero-order valence-electron chi connectivity index (χ0n) is 11.0. The number of hydrogen-bond donors (Lipinski definition) is 1. The van der Waals surface area contributed by atoms with Crippen molar-refractivity contribution >= 4 is 0 Å². The summed E-state index contributed by atoms with van der Waals surface area (Å²) in [5.41, 5.74) is 0. The molecule has 0 saturated carbocycles. The van der Waals surface area contributed by atoms with Crippen LogP contribution in [-0.4, -0.2) is 40.3 Å². The van der Waals surface area contributed by atoms with Crippen molar-refractivity contribution in [2.24, 2.45) is 0 Å². The second-order valence-electron chi connectivity index (χ2n) is 4.36. The molecule has 2 unspecified atom stereocenters. The topological polar surface area (TPSA) is 68.4 Å². The first-order valence-electron chi connectivity index (χ1n) is 6.02. The molecule has 0 aliphatic rings. The Kier molecular flexibility index (Phi) is 5.88. The van der Waals surface area contributed by atoms with Crippen LogP contribution in [0.1, 0.15) is 37.9 Å². The molecule has 0 fully saturated rings. The summed E-state index contributed by atoms with van der Waals surface area (Å²) >= 11 is 0. The lowest BCUT2D eigenvalue weighted by Crippen LogP contribution is -2.32. The quantitative estimate of drug-likeness (QED) is 0.746. The minimum atomic E-state index is -4.21. The molecular formula is C11H16F4N2O3. The smallest absolute Gasteiger partial charge is 0.330 e. The predicted octanol–water partition coefficient (Wildman–Crippen LogP) is 2.36. The highest BCUT2D eigenvalue weighted by Gasteiger charge is 2.41. The van der Waals surface area contributed by atoms with E-state index in [1.54, 1.807) is 13.8 Å². The maximum atomic E-state index is 12.6. The summed E-state index contributed by atoms with van der Waals surface area (Å²) in [5.74, 6) is -4.47. The van der Waals surface area contributed by atoms with Gasteiger partial charge in [0.05, 0.1) is 12.0 Å². The summed E-state index contributed by atoms with van der Waals surface area (Å²) in [6.07, 6.45) is -3.95. The van der Waals surface area contributed by atoms with E-state index in [1.165, 1.54) is 0 Å². The van der Waals surface area contributed by atoms with Gasteiger partial charge in [-0.1, -0.05) is 12.1 Å². The largest absolute Gasteiger partial charge is 0.393 e. The summed E-state index contributed by atoms with van der Waals surface area (Å²) in [7, 11) is 0. The molecule has 1 heterocycles. The first-order valence-corrected chi connectivity index (χ1v) is 6.02. The van der Waals surface area contributed by atoms with Crippen LogP contribution in [0.5, 0.6) is 0 Å². The Morgan fingerprint density at radius 2 is 2.05 bits per heavy atom. The lowest BCUT2D eigenvalue weighted by molar-refractivity contribution is -0.168. The van der Waals surface area contributed by atoms with E-state index in [1.807, 2.05) is 0 Å². The number of rotatable bonds is 8. The molecule has 0 radical (unpaired) electrons. The number of alkyl halides is 4. The lowest BCUT2D eigenvalue weighted by atomic mass is 10.0. The Labute approximate surface area is 112 Å². The molecule has 5 nitrogen and oxygen atoms in total. The normalized spacial score (nSPS) is 15.6. The Hall–Kier alpha value is -1.22. The molecule has 2 atom stereocenters. The Balaban J connectivity index is 2.53. The lowest BCUT2D eigenvalue weighted by Gasteiger charge is -2.14. The van der Waals surface area contributed by atoms with Crippen molar-refractivity contribution in [2.75, 3.05) is 6.61 Å². The summed E-state index contributed by atoms with van der Waals surface area (Å²) < 4.78 is 58.2. The third kappa shape index (κ3) is 4.41. The van der Waals surface area contributed by atoms with E-state index < -0.39 is 31.7 Å². The van der Waals surface area contributed by atoms with E-state index >= 15 is 0 Å². The van der Waals surface area contributed by atoms with Gasteiger partial charge in [-0.15, -0.1) is 0 Å². The molecule has 0 aromatic carbocycles. The van der Waals surface area contributed by atoms with Crippen molar-refractivity contribution in [2.45, 2.75) is 51.2 Å². The van der Waals surface area contributed by atoms with Crippen LogP contribution >= 0.6 is 0 Å². The van der Waals surface area contributed by atoms with E-state index in [4.69, 9.17) is 4.52 Å². The van der Waals surface area contributed by atoms with Crippen LogP contribution in [0.3, 0.4) is 0 Å². The van der Waals surface area contributed by atoms with Crippen LogP contribution in [-0.2, 0) is 11.3 Å². The maximum Gasteiger partial charge on any atom is 0.330 e. The average molecular weight is 300 g/mol. The molecular weight excluding hydrogens is 284 g/mol. The molecule has 0 aliphatic heterocycles. The number of aliphatic hydroxyl groups excluding tert-OH is 1. The van der Waals surface area contributed by atoms with Crippen LogP contribution in [0, 0.1) is 0 Å². The number of hydrogen-bond acceptors (Lipinski definition) is 5. The molecule has 1 aromatic rings. The van der Waals surface area contributed by atoms with E-state index in [0.717, 1.165) is 0 Å². The molecule has 1 N–H and O–H groups in total. The molecule has 0 aliphatic carbocycles. The highest BCUT2D eigenvalue weighted by Crippen LogP contribution is 2.24. The van der Waals surface area contributed by atoms with Crippen LogP contribution < -0.4 is 0 Å². The Morgan fingerprint density at radius 1 is 1.40 bits per heavy atom. The van der Waals surface area contributed by atoms with Gasteiger partial charge in [0.2, 0.25) is 5.89 Å². The fourth-order valence-electron chi connectivity index (χ4n) is 1.54. The van der Waals surface area contributed by atoms with E-state index in [2.05, 4.69) is 14.9 Å². The van der Waals surface area contributed by atoms with Gasteiger partial charge in [-0.3, -0.25) is 0 Å². The first kappa shape index (κ1) is 16.8. The van der Waals surface area contributed by atoms with Crippen molar-refractivity contribution in [1.82, 2.24) is 10.1 Å². The molecule has 0 spiro atoms. The van der Waals surface area contributed by atoms with Gasteiger partial charge in [0.15, 0.2) is 5.82 Å². The van der Waals surface area contributed by atoms with Crippen molar-refractivity contribution in [3.8, 4) is 0 Å². The molecule has 1 rings (SSSR count). The van der Waals surface area contributed by atoms with Crippen LogP contribution in [0.2, 0.25) is 0 Å². The summed E-state index contributed by atoms with van der Waals surface area (Å²) in [6.45, 7) is 1.46. The number of nitrogens with zero attached hydrogens (tertiary/aromatic N) is 2. The van der Waals surface area contributed by atoms with Crippen LogP contribution in [0.25, 0.3) is 0 Å². The van der Waals surface area contributed by atoms with Gasteiger partial charge < -0.3 is 14.4 Å². The van der Waals surface area contributed by atoms with E-state index in [-0.39, 0.29) is 17.6 Å². The second kappa shape index (κ2) is 6.98. The van der Waals surface area contributed by atoms with Crippen molar-refractivity contribution in [1.29, 1.82) is 0 Å². The van der Waals surface area contributed by atoms with Gasteiger partial charge >= 0.3 is 12.3 Å². The van der Waals surface area contributed by atoms with E-state index in [0.29, 0.717) is 6.42 Å². The average Bonchev–Trinajstić information content (AvgIpc) is 2.77. The molecule has 20 heavy (non-hydrogen) atoms. The number of aromatic nitrogens is 2. The van der Waals surface area contributed by atoms with Crippen LogP contribution in [0.15, 0.2) is 4.52 Å². The molecule has 116 valence electrons.